The molecule has 0 radical (unpaired) electrons. The number of carboxylic acid groups (broad SMARTS) is 1. The first kappa shape index (κ1) is 25.2. The van der Waals surface area contributed by atoms with E-state index in [1.165, 1.54) is 17.5 Å². The number of urea groups is 1. The van der Waals surface area contributed by atoms with Crippen molar-refractivity contribution in [3.8, 4) is 0 Å². The Morgan fingerprint density at radius 3 is 2.55 bits per heavy atom. The lowest BCUT2D eigenvalue weighted by atomic mass is 9.86. The fourth-order valence-electron chi connectivity index (χ4n) is 4.49. The fourth-order valence-corrected chi connectivity index (χ4v) is 4.76. The number of hydrogen-bond acceptors (Lipinski definition) is 3. The molecule has 3 rings (SSSR count). The van der Waals surface area contributed by atoms with Crippen LogP contribution in [0.5, 0.6) is 0 Å². The van der Waals surface area contributed by atoms with Crippen LogP contribution in [0.4, 0.5) is 10.5 Å². The number of fused-ring (bicyclic) bond motifs is 1. The number of unbranched alkanes of at least 4 members (excludes halogenated alkanes) is 2. The third-order valence-corrected chi connectivity index (χ3v) is 6.65. The number of anilines is 1. The number of amides is 2. The topological polar surface area (TPSA) is 81.7 Å². The number of nitrogens with one attached hydrogen (secondary N) is 2. The van der Waals surface area contributed by atoms with E-state index in [1.54, 1.807) is 0 Å². The monoisotopic (exact) mass is 515 g/mol. The lowest BCUT2D eigenvalue weighted by Gasteiger charge is -2.36. The summed E-state index contributed by atoms with van der Waals surface area (Å²) in [5, 5.41) is 14.8. The number of carboxylic acids is 1. The summed E-state index contributed by atoms with van der Waals surface area (Å²) in [6.07, 6.45) is 7.27. The van der Waals surface area contributed by atoms with Gasteiger partial charge in [-0.3, -0.25) is 9.69 Å². The molecule has 6 nitrogen and oxygen atoms in total. The summed E-state index contributed by atoms with van der Waals surface area (Å²) in [4.78, 5) is 25.5. The number of aryl methyl sites for hydroxylation is 1. The molecule has 0 fully saturated rings. The first-order chi connectivity index (χ1) is 16.0. The highest BCUT2D eigenvalue weighted by Gasteiger charge is 2.25. The van der Waals surface area contributed by atoms with E-state index in [-0.39, 0.29) is 12.5 Å². The minimum Gasteiger partial charge on any atom is -0.481 e. The Morgan fingerprint density at radius 2 is 1.76 bits per heavy atom. The van der Waals surface area contributed by atoms with Crippen molar-refractivity contribution in [3.63, 3.8) is 0 Å². The van der Waals surface area contributed by atoms with Crippen molar-refractivity contribution >= 4 is 33.6 Å². The molecule has 0 heterocycles. The van der Waals surface area contributed by atoms with Crippen LogP contribution < -0.4 is 10.6 Å². The average molecular weight is 516 g/mol. The lowest BCUT2D eigenvalue weighted by molar-refractivity contribution is -0.137. The zero-order chi connectivity index (χ0) is 23.5. The average Bonchev–Trinajstić information content (AvgIpc) is 2.81. The number of aliphatic carboxylic acids is 1. The van der Waals surface area contributed by atoms with Crippen LogP contribution in [0.25, 0.3) is 0 Å². The van der Waals surface area contributed by atoms with E-state index < -0.39 is 5.97 Å². The Hall–Kier alpha value is -2.38. The molecule has 33 heavy (non-hydrogen) atoms. The number of rotatable bonds is 12. The number of hydrogen-bond donors (Lipinski definition) is 3. The summed E-state index contributed by atoms with van der Waals surface area (Å²) < 4.78 is 0.974. The first-order valence-electron chi connectivity index (χ1n) is 11.9. The molecule has 178 valence electrons. The van der Waals surface area contributed by atoms with Gasteiger partial charge in [0.2, 0.25) is 0 Å². The van der Waals surface area contributed by atoms with E-state index >= 15 is 0 Å². The third kappa shape index (κ3) is 8.48. The molecule has 0 bridgehead atoms. The molecule has 1 aliphatic rings. The van der Waals surface area contributed by atoms with Gasteiger partial charge >= 0.3 is 12.0 Å². The van der Waals surface area contributed by atoms with Crippen LogP contribution in [0.3, 0.4) is 0 Å². The molecule has 1 unspecified atom stereocenters. The Morgan fingerprint density at radius 1 is 1.00 bits per heavy atom. The fraction of sp³-hybridized carbons (Fsp3) is 0.462. The molecule has 0 aliphatic heterocycles. The maximum atomic E-state index is 12.0. The van der Waals surface area contributed by atoms with Crippen molar-refractivity contribution in [2.75, 3.05) is 25.0 Å². The molecule has 0 spiro atoms. The van der Waals surface area contributed by atoms with E-state index in [1.807, 2.05) is 24.3 Å². The minimum absolute atomic E-state index is 0.188. The smallest absolute Gasteiger partial charge is 0.319 e. The number of benzene rings is 2. The molecular weight excluding hydrogens is 482 g/mol. The highest BCUT2D eigenvalue weighted by molar-refractivity contribution is 9.10. The molecule has 3 N–H and O–H groups in total. The van der Waals surface area contributed by atoms with Crippen molar-refractivity contribution in [3.05, 3.63) is 64.1 Å². The van der Waals surface area contributed by atoms with E-state index in [4.69, 9.17) is 5.11 Å². The number of carbonyl (C=O) groups is 2. The van der Waals surface area contributed by atoms with Gasteiger partial charge < -0.3 is 15.7 Å². The second-order valence-corrected chi connectivity index (χ2v) is 9.50. The zero-order valence-electron chi connectivity index (χ0n) is 19.1. The maximum Gasteiger partial charge on any atom is 0.319 e. The minimum atomic E-state index is -0.730. The maximum absolute atomic E-state index is 12.0. The zero-order valence-corrected chi connectivity index (χ0v) is 20.6. The molecule has 0 aromatic heterocycles. The molecule has 1 aliphatic carbocycles. The summed E-state index contributed by atoms with van der Waals surface area (Å²) >= 11 is 3.38. The Labute approximate surface area is 204 Å². The van der Waals surface area contributed by atoms with Crippen molar-refractivity contribution in [2.24, 2.45) is 0 Å². The van der Waals surface area contributed by atoms with Gasteiger partial charge in [0.15, 0.2) is 0 Å². The molecule has 0 saturated heterocycles. The van der Waals surface area contributed by atoms with Crippen LogP contribution in [0.1, 0.15) is 62.1 Å². The predicted octanol–water partition coefficient (Wildman–Crippen LogP) is 5.99. The van der Waals surface area contributed by atoms with Crippen molar-refractivity contribution in [2.45, 2.75) is 57.4 Å². The highest BCUT2D eigenvalue weighted by atomic mass is 79.9. The summed E-state index contributed by atoms with van der Waals surface area (Å²) in [6, 6.07) is 16.3. The SMILES string of the molecule is O=C(O)CCCN(CCCCCNC(=O)Nc1ccc(Br)cc1)C1CCCc2ccccc21. The van der Waals surface area contributed by atoms with E-state index in [9.17, 15) is 9.59 Å². The molecule has 1 atom stereocenters. The van der Waals surface area contributed by atoms with Gasteiger partial charge in [0.1, 0.15) is 0 Å². The van der Waals surface area contributed by atoms with Gasteiger partial charge in [-0.05, 0) is 87.0 Å². The molecule has 0 saturated carbocycles. The lowest BCUT2D eigenvalue weighted by Crippen LogP contribution is -2.33. The standard InChI is InChI=1S/C26H34BrN3O3/c27-21-13-15-22(16-14-21)29-26(33)28-17-4-1-5-18-30(19-7-12-25(31)32)24-11-6-9-20-8-2-3-10-23(20)24/h2-3,8,10,13-16,24H,1,4-7,9,11-12,17-19H2,(H,31,32)(H2,28,29,33). The van der Waals surface area contributed by atoms with Crippen molar-refractivity contribution in [1.82, 2.24) is 10.2 Å². The third-order valence-electron chi connectivity index (χ3n) is 6.12. The Kier molecular flexibility index (Phi) is 10.2. The van der Waals surface area contributed by atoms with Crippen LogP contribution in [0, 0.1) is 0 Å². The first-order valence-corrected chi connectivity index (χ1v) is 12.7. The number of halogens is 1. The van der Waals surface area contributed by atoms with Crippen molar-refractivity contribution < 1.29 is 14.7 Å². The van der Waals surface area contributed by atoms with E-state index in [0.29, 0.717) is 19.0 Å². The summed E-state index contributed by atoms with van der Waals surface area (Å²) in [6.45, 7) is 2.39. The van der Waals surface area contributed by atoms with Gasteiger partial charge in [-0.15, -0.1) is 0 Å². The van der Waals surface area contributed by atoms with Gasteiger partial charge in [0.25, 0.3) is 0 Å². The van der Waals surface area contributed by atoms with Crippen LogP contribution in [-0.2, 0) is 11.2 Å². The molecular formula is C26H34BrN3O3. The van der Waals surface area contributed by atoms with Gasteiger partial charge in [-0.2, -0.15) is 0 Å². The van der Waals surface area contributed by atoms with Gasteiger partial charge in [-0.25, -0.2) is 4.79 Å². The van der Waals surface area contributed by atoms with E-state index in [2.05, 4.69) is 55.7 Å². The van der Waals surface area contributed by atoms with Crippen molar-refractivity contribution in [1.29, 1.82) is 0 Å². The number of carbonyl (C=O) groups excluding carboxylic acids is 1. The molecule has 7 heteroatoms. The van der Waals surface area contributed by atoms with Crippen LogP contribution in [0.15, 0.2) is 53.0 Å². The number of nitrogens with zero attached hydrogens (tertiary/aromatic N) is 1. The highest BCUT2D eigenvalue weighted by Crippen LogP contribution is 2.34. The van der Waals surface area contributed by atoms with Crippen LogP contribution in [0.2, 0.25) is 0 Å². The van der Waals surface area contributed by atoms with Gasteiger partial charge in [-0.1, -0.05) is 46.6 Å². The summed E-state index contributed by atoms with van der Waals surface area (Å²) in [7, 11) is 0. The Bertz CT molecular complexity index is 904. The normalized spacial score (nSPS) is 15.2. The molecule has 2 aromatic carbocycles. The second-order valence-electron chi connectivity index (χ2n) is 8.59. The quantitative estimate of drug-likeness (QED) is 0.303. The van der Waals surface area contributed by atoms with Crippen LogP contribution >= 0.6 is 15.9 Å². The molecule has 2 amide bonds. The summed E-state index contributed by atoms with van der Waals surface area (Å²) in [5.74, 6) is -0.730. The Balaban J connectivity index is 1.42. The summed E-state index contributed by atoms with van der Waals surface area (Å²) in [5.41, 5.74) is 3.60. The van der Waals surface area contributed by atoms with Gasteiger partial charge in [0, 0.05) is 29.2 Å². The predicted molar refractivity (Wildman–Crippen MR) is 136 cm³/mol. The van der Waals surface area contributed by atoms with E-state index in [0.717, 1.165) is 55.4 Å². The van der Waals surface area contributed by atoms with Crippen LogP contribution in [-0.4, -0.2) is 41.6 Å². The second kappa shape index (κ2) is 13.4. The molecule has 2 aromatic rings. The largest absolute Gasteiger partial charge is 0.481 e. The van der Waals surface area contributed by atoms with Gasteiger partial charge in [0.05, 0.1) is 0 Å².